The van der Waals surface area contributed by atoms with Gasteiger partial charge in [0.05, 0.1) is 26.4 Å². The van der Waals surface area contributed by atoms with Crippen molar-refractivity contribution < 1.29 is 19.7 Å². The van der Waals surface area contributed by atoms with Crippen LogP contribution in [-0.4, -0.2) is 56.4 Å². The molecule has 0 aliphatic heterocycles. The van der Waals surface area contributed by atoms with Gasteiger partial charge in [-0.05, 0) is 26.8 Å². The molecule has 0 amide bonds. The molecule has 0 heterocycles. The van der Waals surface area contributed by atoms with Crippen LogP contribution in [0, 0.1) is 0 Å². The van der Waals surface area contributed by atoms with Crippen LogP contribution in [0.15, 0.2) is 0 Å². The van der Waals surface area contributed by atoms with E-state index in [9.17, 15) is 0 Å². The van der Waals surface area contributed by atoms with E-state index in [-0.39, 0.29) is 13.2 Å². The van der Waals surface area contributed by atoms with Crippen molar-refractivity contribution in [3.05, 3.63) is 0 Å². The molecule has 0 saturated heterocycles. The van der Waals surface area contributed by atoms with Gasteiger partial charge >= 0.3 is 0 Å². The normalized spacial score (nSPS) is 8.82. The topological polar surface area (TPSA) is 84.9 Å². The maximum absolute atomic E-state index is 8.09. The number of hydrogen-bond acceptors (Lipinski definition) is 5. The fourth-order valence-corrected chi connectivity index (χ4v) is 0.639. The van der Waals surface area contributed by atoms with Crippen LogP contribution in [0.5, 0.6) is 0 Å². The first-order valence-corrected chi connectivity index (χ1v) is 6.32. The summed E-state index contributed by atoms with van der Waals surface area (Å²) in [4.78, 5) is 0. The first-order chi connectivity index (χ1) is 8.24. The lowest BCUT2D eigenvalue weighted by Crippen LogP contribution is -2.03. The summed E-state index contributed by atoms with van der Waals surface area (Å²) < 4.78 is 9.47. The summed E-state index contributed by atoms with van der Waals surface area (Å²) >= 11 is 0. The van der Waals surface area contributed by atoms with E-state index < -0.39 is 0 Å². The monoisotopic (exact) mass is 253 g/mol. The Kier molecular flexibility index (Phi) is 38.4. The van der Waals surface area contributed by atoms with Crippen molar-refractivity contribution >= 4 is 0 Å². The summed E-state index contributed by atoms with van der Waals surface area (Å²) in [7, 11) is 0. The van der Waals surface area contributed by atoms with Crippen molar-refractivity contribution in [2.45, 2.75) is 33.6 Å². The third-order valence-corrected chi connectivity index (χ3v) is 1.44. The van der Waals surface area contributed by atoms with Crippen molar-refractivity contribution in [3.8, 4) is 0 Å². The van der Waals surface area contributed by atoms with Crippen molar-refractivity contribution in [2.75, 3.05) is 46.2 Å². The number of rotatable bonds is 8. The van der Waals surface area contributed by atoms with Gasteiger partial charge in [0.15, 0.2) is 0 Å². The van der Waals surface area contributed by atoms with E-state index in [0.717, 1.165) is 19.8 Å². The largest absolute Gasteiger partial charge is 0.394 e. The SMILES string of the molecule is CCCCN.CCOCC.OCCOCCO. The zero-order valence-electron chi connectivity index (χ0n) is 11.7. The molecule has 0 rings (SSSR count). The molecule has 108 valence electrons. The van der Waals surface area contributed by atoms with E-state index in [1.165, 1.54) is 12.8 Å². The zero-order valence-corrected chi connectivity index (χ0v) is 11.7. The second kappa shape index (κ2) is 29.7. The molecule has 0 aliphatic rings. The molecule has 0 aromatic heterocycles. The van der Waals surface area contributed by atoms with Crippen LogP contribution in [0.1, 0.15) is 33.6 Å². The first kappa shape index (κ1) is 22.0. The molecule has 0 saturated carbocycles. The number of unbranched alkanes of at least 4 members (excludes halogenated alkanes) is 1. The fourth-order valence-electron chi connectivity index (χ4n) is 0.639. The summed E-state index contributed by atoms with van der Waals surface area (Å²) in [6.45, 7) is 9.34. The van der Waals surface area contributed by atoms with Crippen molar-refractivity contribution in [1.82, 2.24) is 0 Å². The highest BCUT2D eigenvalue weighted by Crippen LogP contribution is 1.77. The molecule has 0 unspecified atom stereocenters. The quantitative estimate of drug-likeness (QED) is 0.557. The Labute approximate surface area is 106 Å². The van der Waals surface area contributed by atoms with E-state index in [1.807, 2.05) is 13.8 Å². The summed E-state index contributed by atoms with van der Waals surface area (Å²) in [5.74, 6) is 0. The molecule has 0 radical (unpaired) electrons. The van der Waals surface area contributed by atoms with Crippen molar-refractivity contribution in [3.63, 3.8) is 0 Å². The Morgan fingerprint density at radius 1 is 0.882 bits per heavy atom. The van der Waals surface area contributed by atoms with Gasteiger partial charge in [-0.15, -0.1) is 0 Å². The predicted octanol–water partition coefficient (Wildman–Crippen LogP) is 0.776. The van der Waals surface area contributed by atoms with Crippen LogP contribution in [0.3, 0.4) is 0 Å². The minimum absolute atomic E-state index is 0.0278. The van der Waals surface area contributed by atoms with E-state index in [1.54, 1.807) is 0 Å². The van der Waals surface area contributed by atoms with Gasteiger partial charge in [0.1, 0.15) is 0 Å². The number of aliphatic hydroxyl groups is 2. The summed E-state index contributed by atoms with van der Waals surface area (Å²) in [6.07, 6.45) is 2.39. The molecule has 0 aromatic rings. The lowest BCUT2D eigenvalue weighted by Gasteiger charge is -1.94. The van der Waals surface area contributed by atoms with Crippen LogP contribution < -0.4 is 5.73 Å². The predicted molar refractivity (Wildman–Crippen MR) is 71.1 cm³/mol. The third kappa shape index (κ3) is 49.5. The van der Waals surface area contributed by atoms with Crippen molar-refractivity contribution in [1.29, 1.82) is 0 Å². The fraction of sp³-hybridized carbons (Fsp3) is 1.00. The average Bonchev–Trinajstić information content (AvgIpc) is 2.33. The van der Waals surface area contributed by atoms with Gasteiger partial charge in [-0.1, -0.05) is 13.3 Å². The molecule has 0 fully saturated rings. The third-order valence-electron chi connectivity index (χ3n) is 1.44. The molecule has 5 nitrogen and oxygen atoms in total. The van der Waals surface area contributed by atoms with E-state index in [2.05, 4.69) is 11.7 Å². The van der Waals surface area contributed by atoms with Crippen LogP contribution in [0.2, 0.25) is 0 Å². The number of hydrogen-bond donors (Lipinski definition) is 3. The molecular weight excluding hydrogens is 222 g/mol. The second-order valence-electron chi connectivity index (χ2n) is 2.98. The van der Waals surface area contributed by atoms with E-state index >= 15 is 0 Å². The molecule has 5 heteroatoms. The highest BCUT2D eigenvalue weighted by molar-refractivity contribution is 4.29. The molecule has 0 bridgehead atoms. The van der Waals surface area contributed by atoms with Gasteiger partial charge in [-0.2, -0.15) is 0 Å². The molecule has 0 atom stereocenters. The molecule has 4 N–H and O–H groups in total. The van der Waals surface area contributed by atoms with Gasteiger partial charge in [-0.3, -0.25) is 0 Å². The average molecular weight is 253 g/mol. The number of ether oxygens (including phenoxy) is 2. The van der Waals surface area contributed by atoms with Gasteiger partial charge in [0.25, 0.3) is 0 Å². The van der Waals surface area contributed by atoms with Crippen LogP contribution in [-0.2, 0) is 9.47 Å². The molecular formula is C12H31NO4. The van der Waals surface area contributed by atoms with E-state index in [4.69, 9.17) is 20.7 Å². The Bertz CT molecular complexity index is 80.6. The van der Waals surface area contributed by atoms with Crippen LogP contribution >= 0.6 is 0 Å². The molecule has 0 aliphatic carbocycles. The van der Waals surface area contributed by atoms with E-state index in [0.29, 0.717) is 13.2 Å². The standard InChI is InChI=1S/C4H11N.C4H10O3.C4H10O/c1-2-3-4-5;5-1-3-7-4-2-6;1-3-5-4-2/h2-5H2,1H3;5-6H,1-4H2;3-4H2,1-2H3. The van der Waals surface area contributed by atoms with Gasteiger partial charge in [0.2, 0.25) is 0 Å². The van der Waals surface area contributed by atoms with Crippen LogP contribution in [0.4, 0.5) is 0 Å². The minimum Gasteiger partial charge on any atom is -0.394 e. The highest BCUT2D eigenvalue weighted by Gasteiger charge is 1.79. The van der Waals surface area contributed by atoms with Gasteiger partial charge in [-0.25, -0.2) is 0 Å². The summed E-state index contributed by atoms with van der Waals surface area (Å²) in [5.41, 5.74) is 5.14. The minimum atomic E-state index is 0.0278. The van der Waals surface area contributed by atoms with Gasteiger partial charge < -0.3 is 25.4 Å². The molecule has 17 heavy (non-hydrogen) atoms. The summed E-state index contributed by atoms with van der Waals surface area (Å²) in [6, 6.07) is 0. The Morgan fingerprint density at radius 3 is 1.47 bits per heavy atom. The lowest BCUT2D eigenvalue weighted by atomic mass is 10.3. The molecule has 0 aromatic carbocycles. The Morgan fingerprint density at radius 2 is 1.35 bits per heavy atom. The smallest absolute Gasteiger partial charge is 0.0698 e. The van der Waals surface area contributed by atoms with Crippen LogP contribution in [0.25, 0.3) is 0 Å². The second-order valence-corrected chi connectivity index (χ2v) is 2.98. The number of aliphatic hydroxyl groups excluding tert-OH is 2. The van der Waals surface area contributed by atoms with Crippen molar-refractivity contribution in [2.24, 2.45) is 5.73 Å². The molecule has 0 spiro atoms. The Balaban J connectivity index is -0.000000177. The zero-order chi connectivity index (χ0) is 13.8. The highest BCUT2D eigenvalue weighted by atomic mass is 16.5. The Hall–Kier alpha value is -0.200. The lowest BCUT2D eigenvalue weighted by molar-refractivity contribution is 0.0650. The maximum atomic E-state index is 8.09. The summed E-state index contributed by atoms with van der Waals surface area (Å²) in [5, 5.41) is 16.2. The first-order valence-electron chi connectivity index (χ1n) is 6.32. The number of nitrogens with two attached hydrogens (primary N) is 1. The maximum Gasteiger partial charge on any atom is 0.0698 e. The van der Waals surface area contributed by atoms with Gasteiger partial charge in [0, 0.05) is 13.2 Å².